The van der Waals surface area contributed by atoms with Crippen molar-refractivity contribution < 1.29 is 8.42 Å². The molecule has 0 bridgehead atoms. The van der Waals surface area contributed by atoms with E-state index in [0.29, 0.717) is 24.0 Å². The summed E-state index contributed by atoms with van der Waals surface area (Å²) < 4.78 is 27.8. The van der Waals surface area contributed by atoms with Gasteiger partial charge in [0, 0.05) is 24.5 Å². The highest BCUT2D eigenvalue weighted by atomic mass is 35.5. The van der Waals surface area contributed by atoms with Crippen molar-refractivity contribution in [2.45, 2.75) is 36.6 Å². The van der Waals surface area contributed by atoms with Crippen molar-refractivity contribution in [2.24, 2.45) is 5.92 Å². The van der Waals surface area contributed by atoms with Gasteiger partial charge in [0.15, 0.2) is 0 Å². The second kappa shape index (κ2) is 7.62. The van der Waals surface area contributed by atoms with Crippen LogP contribution in [0.1, 0.15) is 25.7 Å². The Morgan fingerprint density at radius 3 is 2.36 bits per heavy atom. The second-order valence-electron chi connectivity index (χ2n) is 7.01. The molecule has 4 nitrogen and oxygen atoms in total. The van der Waals surface area contributed by atoms with Gasteiger partial charge in [-0.25, -0.2) is 8.42 Å². The first-order valence-corrected chi connectivity index (χ1v) is 10.3. The Bertz CT molecular complexity index is 823. The maximum absolute atomic E-state index is 13.1. The molecular formula is C19H25ClN2O2S. The summed E-state index contributed by atoms with van der Waals surface area (Å²) in [6.07, 6.45) is 4.50. The van der Waals surface area contributed by atoms with Crippen LogP contribution in [-0.2, 0) is 10.0 Å². The van der Waals surface area contributed by atoms with E-state index in [1.807, 2.05) is 36.4 Å². The van der Waals surface area contributed by atoms with Gasteiger partial charge in [0.05, 0.1) is 4.90 Å². The lowest BCUT2D eigenvalue weighted by Gasteiger charge is -2.32. The summed E-state index contributed by atoms with van der Waals surface area (Å²) in [4.78, 5) is 0.435. The first-order valence-electron chi connectivity index (χ1n) is 8.86. The van der Waals surface area contributed by atoms with Gasteiger partial charge in [-0.15, -0.1) is 12.4 Å². The zero-order valence-electron chi connectivity index (χ0n) is 14.2. The molecule has 25 heavy (non-hydrogen) atoms. The maximum atomic E-state index is 13.1. The summed E-state index contributed by atoms with van der Waals surface area (Å²) in [5.74, 6) is 0.863. The lowest BCUT2D eigenvalue weighted by Crippen LogP contribution is -2.45. The minimum absolute atomic E-state index is 0. The van der Waals surface area contributed by atoms with Crippen molar-refractivity contribution in [2.75, 3.05) is 19.6 Å². The minimum atomic E-state index is -3.43. The standard InChI is InChI=1S/C19H24N2O2S.ClH/c22-24(23,19-7-3-5-16-4-1-2-6-18(16)19)21-12-10-17(11-13-21)20-14-15-8-9-15;/h1-7,15,17,20H,8-14H2;1H. The molecule has 2 aliphatic rings. The lowest BCUT2D eigenvalue weighted by atomic mass is 10.1. The molecule has 1 heterocycles. The van der Waals surface area contributed by atoms with Crippen LogP contribution in [0.4, 0.5) is 0 Å². The molecule has 1 N–H and O–H groups in total. The van der Waals surface area contributed by atoms with Gasteiger partial charge in [-0.05, 0) is 49.6 Å². The second-order valence-corrected chi connectivity index (χ2v) is 8.91. The van der Waals surface area contributed by atoms with Crippen molar-refractivity contribution in [1.29, 1.82) is 0 Å². The largest absolute Gasteiger partial charge is 0.314 e. The van der Waals surface area contributed by atoms with E-state index >= 15 is 0 Å². The molecular weight excluding hydrogens is 356 g/mol. The minimum Gasteiger partial charge on any atom is -0.314 e. The maximum Gasteiger partial charge on any atom is 0.243 e. The van der Waals surface area contributed by atoms with E-state index in [2.05, 4.69) is 5.32 Å². The number of fused-ring (bicyclic) bond motifs is 1. The Hall–Kier alpha value is -1.14. The van der Waals surface area contributed by atoms with E-state index in [1.165, 1.54) is 12.8 Å². The van der Waals surface area contributed by atoms with Crippen molar-refractivity contribution in [3.63, 3.8) is 0 Å². The summed E-state index contributed by atoms with van der Waals surface area (Å²) in [5, 5.41) is 5.39. The highest BCUT2D eigenvalue weighted by Gasteiger charge is 2.31. The quantitative estimate of drug-likeness (QED) is 0.864. The van der Waals surface area contributed by atoms with E-state index in [1.54, 1.807) is 10.4 Å². The van der Waals surface area contributed by atoms with Crippen LogP contribution in [-0.4, -0.2) is 38.4 Å². The predicted octanol–water partition coefficient (Wildman–Crippen LogP) is 3.41. The van der Waals surface area contributed by atoms with Gasteiger partial charge in [-0.2, -0.15) is 4.31 Å². The molecule has 6 heteroatoms. The van der Waals surface area contributed by atoms with E-state index in [-0.39, 0.29) is 12.4 Å². The van der Waals surface area contributed by atoms with Crippen molar-refractivity contribution in [1.82, 2.24) is 9.62 Å². The number of hydrogen-bond donors (Lipinski definition) is 1. The highest BCUT2D eigenvalue weighted by Crippen LogP contribution is 2.29. The van der Waals surface area contributed by atoms with Gasteiger partial charge in [0.2, 0.25) is 10.0 Å². The van der Waals surface area contributed by atoms with E-state index in [4.69, 9.17) is 0 Å². The first-order chi connectivity index (χ1) is 11.6. The first kappa shape index (κ1) is 18.6. The van der Waals surface area contributed by atoms with Crippen LogP contribution in [0.5, 0.6) is 0 Å². The Balaban J connectivity index is 0.00000182. The molecule has 1 aliphatic carbocycles. The van der Waals surface area contributed by atoms with Crippen molar-refractivity contribution in [3.8, 4) is 0 Å². The molecule has 1 saturated heterocycles. The van der Waals surface area contributed by atoms with Crippen LogP contribution >= 0.6 is 12.4 Å². The van der Waals surface area contributed by atoms with Crippen LogP contribution in [0.2, 0.25) is 0 Å². The number of rotatable bonds is 5. The van der Waals surface area contributed by atoms with Gasteiger partial charge < -0.3 is 5.32 Å². The SMILES string of the molecule is Cl.O=S(=O)(c1cccc2ccccc12)N1CCC(NCC2CC2)CC1. The molecule has 136 valence electrons. The molecule has 4 rings (SSSR count). The monoisotopic (exact) mass is 380 g/mol. The molecule has 0 atom stereocenters. The Morgan fingerprint density at radius 2 is 1.64 bits per heavy atom. The van der Waals surface area contributed by atoms with Crippen LogP contribution in [0.15, 0.2) is 47.4 Å². The Morgan fingerprint density at radius 1 is 0.960 bits per heavy atom. The normalized spacial score (nSPS) is 19.7. The summed E-state index contributed by atoms with van der Waals surface area (Å²) in [7, 11) is -3.43. The van der Waals surface area contributed by atoms with Crippen molar-refractivity contribution in [3.05, 3.63) is 42.5 Å². The molecule has 0 aromatic heterocycles. The molecule has 0 unspecified atom stereocenters. The van der Waals surface area contributed by atoms with E-state index < -0.39 is 10.0 Å². The van der Waals surface area contributed by atoms with Crippen LogP contribution in [0, 0.1) is 5.92 Å². The third kappa shape index (κ3) is 4.00. The van der Waals surface area contributed by atoms with Gasteiger partial charge >= 0.3 is 0 Å². The molecule has 0 radical (unpaired) electrons. The Labute approximate surface area is 156 Å². The fraction of sp³-hybridized carbons (Fsp3) is 0.474. The smallest absolute Gasteiger partial charge is 0.243 e. The molecule has 2 aromatic carbocycles. The third-order valence-corrected chi connectivity index (χ3v) is 7.17. The van der Waals surface area contributed by atoms with E-state index in [9.17, 15) is 8.42 Å². The zero-order chi connectivity index (χ0) is 16.6. The average molecular weight is 381 g/mol. The van der Waals surface area contributed by atoms with Gasteiger partial charge in [0.25, 0.3) is 0 Å². The summed E-state index contributed by atoms with van der Waals surface area (Å²) in [5.41, 5.74) is 0. The summed E-state index contributed by atoms with van der Waals surface area (Å²) >= 11 is 0. The number of halogens is 1. The third-order valence-electron chi connectivity index (χ3n) is 5.21. The number of nitrogens with one attached hydrogen (secondary N) is 1. The molecule has 1 saturated carbocycles. The highest BCUT2D eigenvalue weighted by molar-refractivity contribution is 7.89. The fourth-order valence-electron chi connectivity index (χ4n) is 3.52. The molecule has 2 aromatic rings. The topological polar surface area (TPSA) is 49.4 Å². The van der Waals surface area contributed by atoms with Gasteiger partial charge in [-0.1, -0.05) is 36.4 Å². The average Bonchev–Trinajstić information content (AvgIpc) is 3.44. The molecule has 0 spiro atoms. The van der Waals surface area contributed by atoms with Crippen LogP contribution in [0.25, 0.3) is 10.8 Å². The molecule has 2 fully saturated rings. The van der Waals surface area contributed by atoms with Gasteiger partial charge in [0.1, 0.15) is 0 Å². The van der Waals surface area contributed by atoms with Crippen LogP contribution in [0.3, 0.4) is 0 Å². The Kier molecular flexibility index (Phi) is 5.68. The number of piperidine rings is 1. The summed E-state index contributed by atoms with van der Waals surface area (Å²) in [6.45, 7) is 2.31. The number of nitrogens with zero attached hydrogens (tertiary/aromatic N) is 1. The lowest BCUT2D eigenvalue weighted by molar-refractivity contribution is 0.288. The van der Waals surface area contributed by atoms with Crippen molar-refractivity contribution >= 4 is 33.2 Å². The van der Waals surface area contributed by atoms with Crippen LogP contribution < -0.4 is 5.32 Å². The molecule has 0 amide bonds. The fourth-order valence-corrected chi connectivity index (χ4v) is 5.20. The molecule has 1 aliphatic heterocycles. The van der Waals surface area contributed by atoms with E-state index in [0.717, 1.165) is 36.1 Å². The zero-order valence-corrected chi connectivity index (χ0v) is 15.9. The predicted molar refractivity (Wildman–Crippen MR) is 104 cm³/mol. The summed E-state index contributed by atoms with van der Waals surface area (Å²) in [6, 6.07) is 13.7. The van der Waals surface area contributed by atoms with Gasteiger partial charge in [-0.3, -0.25) is 0 Å². The number of sulfonamides is 1. The number of benzene rings is 2. The number of hydrogen-bond acceptors (Lipinski definition) is 3.